The fourth-order valence-electron chi connectivity index (χ4n) is 3.94. The average molecular weight is 421 g/mol. The number of carbonyl (C=O) groups excluding carboxylic acids is 1. The number of aromatic nitrogens is 3. The van der Waals surface area contributed by atoms with E-state index in [0.717, 1.165) is 12.0 Å². The summed E-state index contributed by atoms with van der Waals surface area (Å²) in [6, 6.07) is 16.0. The molecule has 2 heterocycles. The van der Waals surface area contributed by atoms with E-state index in [1.807, 2.05) is 35.2 Å². The summed E-state index contributed by atoms with van der Waals surface area (Å²) in [7, 11) is 0. The zero-order valence-corrected chi connectivity index (χ0v) is 16.8. The Morgan fingerprint density at radius 2 is 1.84 bits per heavy atom. The summed E-state index contributed by atoms with van der Waals surface area (Å²) in [5.74, 6) is -1.41. The minimum atomic E-state index is -0.825. The zero-order chi connectivity index (χ0) is 21.8. The number of nitrogens with zero attached hydrogens (tertiary/aromatic N) is 4. The van der Waals surface area contributed by atoms with Crippen molar-refractivity contribution in [3.8, 4) is 11.3 Å². The molecule has 9 heteroatoms. The van der Waals surface area contributed by atoms with Crippen molar-refractivity contribution in [1.29, 1.82) is 0 Å². The molecule has 0 saturated carbocycles. The van der Waals surface area contributed by atoms with E-state index in [0.29, 0.717) is 30.8 Å². The van der Waals surface area contributed by atoms with Crippen molar-refractivity contribution in [2.75, 3.05) is 13.1 Å². The van der Waals surface area contributed by atoms with Crippen LogP contribution in [0, 0.1) is 0 Å². The lowest BCUT2D eigenvalue weighted by molar-refractivity contribution is -0.142. The maximum Gasteiger partial charge on any atom is 0.321 e. The SMILES string of the molecule is O=C(NO)c1ccc(-c2cn([C@@H]3C[C@H](C(=O)O)N(CCc4ccccc4)C3)nn2)cc1. The van der Waals surface area contributed by atoms with E-state index in [9.17, 15) is 14.7 Å². The molecule has 1 aliphatic heterocycles. The summed E-state index contributed by atoms with van der Waals surface area (Å²) in [6.45, 7) is 1.25. The number of carbonyl (C=O) groups is 2. The summed E-state index contributed by atoms with van der Waals surface area (Å²) in [6.07, 6.45) is 3.04. The van der Waals surface area contributed by atoms with E-state index < -0.39 is 17.9 Å². The maximum absolute atomic E-state index is 11.8. The molecule has 0 unspecified atom stereocenters. The number of carboxylic acid groups (broad SMARTS) is 1. The van der Waals surface area contributed by atoms with Crippen molar-refractivity contribution in [3.63, 3.8) is 0 Å². The van der Waals surface area contributed by atoms with Gasteiger partial charge in [0.05, 0.1) is 12.2 Å². The Hall–Kier alpha value is -3.56. The predicted molar refractivity (Wildman–Crippen MR) is 112 cm³/mol. The van der Waals surface area contributed by atoms with Gasteiger partial charge in [0.1, 0.15) is 11.7 Å². The number of hydroxylamine groups is 1. The number of rotatable bonds is 7. The number of nitrogens with one attached hydrogen (secondary N) is 1. The number of hydrogen-bond donors (Lipinski definition) is 3. The Bertz CT molecular complexity index is 1050. The fourth-order valence-corrected chi connectivity index (χ4v) is 3.94. The maximum atomic E-state index is 11.8. The summed E-state index contributed by atoms with van der Waals surface area (Å²) in [5, 5.41) is 26.8. The molecule has 1 fully saturated rings. The first kappa shape index (κ1) is 20.7. The fraction of sp³-hybridized carbons (Fsp3) is 0.273. The minimum absolute atomic E-state index is 0.0856. The van der Waals surface area contributed by atoms with Crippen LogP contribution in [0.25, 0.3) is 11.3 Å². The minimum Gasteiger partial charge on any atom is -0.480 e. The van der Waals surface area contributed by atoms with Crippen LogP contribution >= 0.6 is 0 Å². The second-order valence-corrected chi connectivity index (χ2v) is 7.58. The third kappa shape index (κ3) is 4.62. The predicted octanol–water partition coefficient (Wildman–Crippen LogP) is 2.01. The molecule has 1 amide bonds. The molecular weight excluding hydrogens is 398 g/mol. The first-order valence-corrected chi connectivity index (χ1v) is 10.0. The van der Waals surface area contributed by atoms with Gasteiger partial charge in [-0.25, -0.2) is 10.2 Å². The zero-order valence-electron chi connectivity index (χ0n) is 16.8. The molecule has 0 aliphatic carbocycles. The number of hydrogen-bond acceptors (Lipinski definition) is 6. The van der Waals surface area contributed by atoms with Gasteiger partial charge in [-0.2, -0.15) is 0 Å². The Labute approximate surface area is 178 Å². The van der Waals surface area contributed by atoms with Gasteiger partial charge in [-0.15, -0.1) is 5.10 Å². The normalized spacial score (nSPS) is 18.7. The van der Waals surface area contributed by atoms with Crippen LogP contribution in [0.5, 0.6) is 0 Å². The molecule has 9 nitrogen and oxygen atoms in total. The van der Waals surface area contributed by atoms with E-state index in [1.165, 1.54) is 5.56 Å². The summed E-state index contributed by atoms with van der Waals surface area (Å²) < 4.78 is 1.72. The lowest BCUT2D eigenvalue weighted by Gasteiger charge is -2.20. The highest BCUT2D eigenvalue weighted by atomic mass is 16.5. The molecule has 3 N–H and O–H groups in total. The highest BCUT2D eigenvalue weighted by molar-refractivity contribution is 5.93. The second kappa shape index (κ2) is 9.07. The standard InChI is InChI=1S/C22H23N5O4/c28-21(24-31)17-8-6-16(7-9-17)19-14-27(25-23-19)18-12-20(22(29)30)26(13-18)11-10-15-4-2-1-3-5-15/h1-9,14,18,20,31H,10-13H2,(H,24,28)(H,29,30)/t18-,20-/m1/s1. The highest BCUT2D eigenvalue weighted by Crippen LogP contribution is 2.28. The van der Waals surface area contributed by atoms with Gasteiger partial charge < -0.3 is 5.11 Å². The molecule has 1 aromatic heterocycles. The van der Waals surface area contributed by atoms with E-state index in [-0.39, 0.29) is 6.04 Å². The molecule has 1 saturated heterocycles. The second-order valence-electron chi connectivity index (χ2n) is 7.58. The van der Waals surface area contributed by atoms with Gasteiger partial charge in [0.25, 0.3) is 5.91 Å². The van der Waals surface area contributed by atoms with Gasteiger partial charge in [-0.05, 0) is 30.5 Å². The van der Waals surface area contributed by atoms with E-state index >= 15 is 0 Å². The van der Waals surface area contributed by atoms with Crippen molar-refractivity contribution in [2.45, 2.75) is 24.9 Å². The van der Waals surface area contributed by atoms with Crippen LogP contribution in [0.3, 0.4) is 0 Å². The number of likely N-dealkylation sites (tertiary alicyclic amines) is 1. The third-order valence-corrected chi connectivity index (χ3v) is 5.63. The van der Waals surface area contributed by atoms with Crippen molar-refractivity contribution >= 4 is 11.9 Å². The van der Waals surface area contributed by atoms with Gasteiger partial charge in [-0.1, -0.05) is 47.7 Å². The van der Waals surface area contributed by atoms with Gasteiger partial charge >= 0.3 is 5.97 Å². The van der Waals surface area contributed by atoms with Crippen LogP contribution in [-0.2, 0) is 11.2 Å². The lowest BCUT2D eigenvalue weighted by atomic mass is 10.1. The Morgan fingerprint density at radius 3 is 2.52 bits per heavy atom. The molecule has 0 radical (unpaired) electrons. The third-order valence-electron chi connectivity index (χ3n) is 5.63. The van der Waals surface area contributed by atoms with Gasteiger partial charge in [-0.3, -0.25) is 19.7 Å². The molecule has 4 rings (SSSR count). The summed E-state index contributed by atoms with van der Waals surface area (Å²) in [5.41, 5.74) is 4.50. The molecule has 0 spiro atoms. The molecular formula is C22H23N5O4. The smallest absolute Gasteiger partial charge is 0.321 e. The van der Waals surface area contributed by atoms with Gasteiger partial charge in [0.2, 0.25) is 0 Å². The first-order valence-electron chi connectivity index (χ1n) is 10.0. The summed E-state index contributed by atoms with van der Waals surface area (Å²) >= 11 is 0. The van der Waals surface area contributed by atoms with Crippen LogP contribution in [0.1, 0.15) is 28.4 Å². The van der Waals surface area contributed by atoms with E-state index in [2.05, 4.69) is 10.3 Å². The number of benzene rings is 2. The molecule has 1 aliphatic rings. The molecule has 2 atom stereocenters. The number of aliphatic carboxylic acids is 1. The van der Waals surface area contributed by atoms with E-state index in [4.69, 9.17) is 5.21 Å². The molecule has 160 valence electrons. The largest absolute Gasteiger partial charge is 0.480 e. The van der Waals surface area contributed by atoms with Crippen LogP contribution in [0.2, 0.25) is 0 Å². The van der Waals surface area contributed by atoms with Crippen LogP contribution in [0.15, 0.2) is 60.8 Å². The van der Waals surface area contributed by atoms with Crippen LogP contribution < -0.4 is 5.48 Å². The number of amides is 1. The van der Waals surface area contributed by atoms with Gasteiger partial charge in [0.15, 0.2) is 0 Å². The summed E-state index contributed by atoms with van der Waals surface area (Å²) in [4.78, 5) is 25.2. The number of carboxylic acids is 1. The van der Waals surface area contributed by atoms with Crippen molar-refractivity contribution < 1.29 is 19.9 Å². The lowest BCUT2D eigenvalue weighted by Crippen LogP contribution is -2.37. The topological polar surface area (TPSA) is 121 Å². The van der Waals surface area contributed by atoms with Crippen molar-refractivity contribution in [3.05, 3.63) is 71.9 Å². The van der Waals surface area contributed by atoms with Crippen molar-refractivity contribution in [2.24, 2.45) is 0 Å². The monoisotopic (exact) mass is 421 g/mol. The Kier molecular flexibility index (Phi) is 6.06. The highest BCUT2D eigenvalue weighted by Gasteiger charge is 2.37. The first-order chi connectivity index (χ1) is 15.0. The Balaban J connectivity index is 1.45. The molecule has 31 heavy (non-hydrogen) atoms. The molecule has 3 aromatic rings. The Morgan fingerprint density at radius 1 is 1.10 bits per heavy atom. The van der Waals surface area contributed by atoms with Crippen molar-refractivity contribution in [1.82, 2.24) is 25.4 Å². The van der Waals surface area contributed by atoms with Crippen LogP contribution in [-0.4, -0.2) is 61.2 Å². The van der Waals surface area contributed by atoms with Crippen LogP contribution in [0.4, 0.5) is 0 Å². The average Bonchev–Trinajstić information content (AvgIpc) is 3.45. The molecule has 2 aromatic carbocycles. The van der Waals surface area contributed by atoms with E-state index in [1.54, 1.807) is 40.6 Å². The van der Waals surface area contributed by atoms with Gasteiger partial charge in [0, 0.05) is 24.2 Å². The molecule has 0 bridgehead atoms. The quantitative estimate of drug-likeness (QED) is 0.394.